The van der Waals surface area contributed by atoms with Crippen molar-refractivity contribution in [1.82, 2.24) is 4.57 Å². The lowest BCUT2D eigenvalue weighted by Gasteiger charge is -2.20. The first-order chi connectivity index (χ1) is 16.1. The van der Waals surface area contributed by atoms with Gasteiger partial charge in [-0.05, 0) is 59.7 Å². The summed E-state index contributed by atoms with van der Waals surface area (Å²) in [4.78, 5) is 11.7. The number of aliphatic hydroxyl groups excluding tert-OH is 1. The average Bonchev–Trinajstić information content (AvgIpc) is 3.04. The summed E-state index contributed by atoms with van der Waals surface area (Å²) in [7, 11) is 1.58. The van der Waals surface area contributed by atoms with Gasteiger partial charge in [-0.15, -0.1) is 0 Å². The van der Waals surface area contributed by atoms with E-state index in [-0.39, 0.29) is 16.7 Å². The van der Waals surface area contributed by atoms with Crippen molar-refractivity contribution in [1.29, 1.82) is 5.26 Å². The van der Waals surface area contributed by atoms with Crippen LogP contribution in [0, 0.1) is 17.1 Å². The number of hydrogen-bond donors (Lipinski definition) is 1. The number of nitrogens with zero attached hydrogens (tertiary/aromatic N) is 2. The van der Waals surface area contributed by atoms with Gasteiger partial charge in [0.2, 0.25) is 0 Å². The first kappa shape index (κ1) is 23.7. The minimum Gasteiger partial charge on any atom is -0.382 e. The molecule has 1 aromatic heterocycles. The van der Waals surface area contributed by atoms with Crippen LogP contribution < -0.4 is 5.56 Å². The second-order valence-corrected chi connectivity index (χ2v) is 8.52. The van der Waals surface area contributed by atoms with Gasteiger partial charge in [-0.3, -0.25) is 4.79 Å². The van der Waals surface area contributed by atoms with E-state index >= 15 is 0 Å². The van der Waals surface area contributed by atoms with Crippen LogP contribution in [0.3, 0.4) is 0 Å². The lowest BCUT2D eigenvalue weighted by atomic mass is 9.87. The van der Waals surface area contributed by atoms with Crippen LogP contribution in [0.4, 0.5) is 17.6 Å². The van der Waals surface area contributed by atoms with Crippen LogP contribution in [-0.2, 0) is 19.9 Å². The molecule has 1 heterocycles. The van der Waals surface area contributed by atoms with Gasteiger partial charge in [0.05, 0.1) is 17.3 Å². The number of nitriles is 1. The maximum atomic E-state index is 13.7. The first-order valence-electron chi connectivity index (χ1n) is 10.8. The number of pyridine rings is 1. The van der Waals surface area contributed by atoms with Crippen molar-refractivity contribution in [3.05, 3.63) is 92.5 Å². The maximum Gasteiger partial charge on any atom is 0.281 e. The summed E-state index contributed by atoms with van der Waals surface area (Å²) in [6, 6.07) is 13.9. The normalized spacial score (nSPS) is 19.9. The molecule has 0 radical (unpaired) electrons. The SMILES string of the molecule is Cn1c(-c2cccc3c2C(O)C(F)(F)C3)cccc1=O.N#Cc1cc(F)cc2c1CCCC2F. The van der Waals surface area contributed by atoms with Gasteiger partial charge in [0.15, 0.2) is 0 Å². The predicted octanol–water partition coefficient (Wildman–Crippen LogP) is 5.32. The van der Waals surface area contributed by atoms with Crippen LogP contribution in [-0.4, -0.2) is 15.6 Å². The maximum absolute atomic E-state index is 13.7. The monoisotopic (exact) mass is 470 g/mol. The molecule has 0 bridgehead atoms. The summed E-state index contributed by atoms with van der Waals surface area (Å²) in [5.74, 6) is -3.68. The van der Waals surface area contributed by atoms with Crippen LogP contribution in [0.5, 0.6) is 0 Å². The van der Waals surface area contributed by atoms with E-state index in [1.54, 1.807) is 37.4 Å². The number of aliphatic hydroxyl groups is 1. The van der Waals surface area contributed by atoms with Crippen molar-refractivity contribution in [2.75, 3.05) is 0 Å². The van der Waals surface area contributed by atoms with Crippen LogP contribution in [0.1, 0.15) is 52.9 Å². The van der Waals surface area contributed by atoms with Crippen molar-refractivity contribution in [2.45, 2.75) is 43.9 Å². The number of hydrogen-bond acceptors (Lipinski definition) is 3. The topological polar surface area (TPSA) is 66.0 Å². The Hall–Kier alpha value is -3.44. The van der Waals surface area contributed by atoms with Crippen molar-refractivity contribution in [3.63, 3.8) is 0 Å². The zero-order valence-corrected chi connectivity index (χ0v) is 18.4. The lowest BCUT2D eigenvalue weighted by Crippen LogP contribution is -2.22. The van der Waals surface area contributed by atoms with E-state index in [0.29, 0.717) is 40.8 Å². The molecule has 2 unspecified atom stereocenters. The third-order valence-corrected chi connectivity index (χ3v) is 6.35. The smallest absolute Gasteiger partial charge is 0.281 e. The van der Waals surface area contributed by atoms with Gasteiger partial charge >= 0.3 is 0 Å². The van der Waals surface area contributed by atoms with E-state index in [9.17, 15) is 27.5 Å². The molecule has 1 N–H and O–H groups in total. The van der Waals surface area contributed by atoms with Crippen LogP contribution in [0.15, 0.2) is 53.3 Å². The minimum atomic E-state index is -3.16. The quantitative estimate of drug-likeness (QED) is 0.490. The van der Waals surface area contributed by atoms with Crippen LogP contribution in [0.25, 0.3) is 11.3 Å². The number of alkyl halides is 3. The zero-order chi connectivity index (χ0) is 24.6. The zero-order valence-electron chi connectivity index (χ0n) is 18.4. The Labute approximate surface area is 193 Å². The summed E-state index contributed by atoms with van der Waals surface area (Å²) in [6.45, 7) is 0. The molecule has 176 valence electrons. The van der Waals surface area contributed by atoms with Crippen molar-refractivity contribution in [2.24, 2.45) is 7.05 Å². The Balaban J connectivity index is 0.000000172. The van der Waals surface area contributed by atoms with E-state index < -0.39 is 30.4 Å². The predicted molar refractivity (Wildman–Crippen MR) is 119 cm³/mol. The molecule has 2 aliphatic rings. The standard InChI is InChI=1S/C15H13F2NO2.C11H9F2N/c1-18-11(6-3-7-12(18)19)10-5-2-4-9-8-15(16,17)14(20)13(9)10;12-8-4-7(6-14)9-2-1-3-11(13)10(9)5-8/h2-7,14,20H,8H2,1H3;4-5,11H,1-3H2. The summed E-state index contributed by atoms with van der Waals surface area (Å²) in [6.07, 6.45) is -1.57. The molecule has 2 atom stereocenters. The van der Waals surface area contributed by atoms with E-state index in [1.165, 1.54) is 22.8 Å². The van der Waals surface area contributed by atoms with Gasteiger partial charge in [-0.2, -0.15) is 5.26 Å². The summed E-state index contributed by atoms with van der Waals surface area (Å²) in [5.41, 5.74) is 2.76. The third kappa shape index (κ3) is 4.24. The van der Waals surface area contributed by atoms with Gasteiger partial charge in [-0.1, -0.05) is 24.3 Å². The van der Waals surface area contributed by atoms with Gasteiger partial charge in [-0.25, -0.2) is 17.6 Å². The number of rotatable bonds is 1. The molecule has 3 aromatic rings. The first-order valence-corrected chi connectivity index (χ1v) is 10.8. The molecule has 0 spiro atoms. The fourth-order valence-corrected chi connectivity index (χ4v) is 4.64. The Morgan fingerprint density at radius 1 is 1.18 bits per heavy atom. The molecule has 4 nitrogen and oxygen atoms in total. The Morgan fingerprint density at radius 2 is 1.91 bits per heavy atom. The average molecular weight is 470 g/mol. The molecular weight excluding hydrogens is 448 g/mol. The number of halogens is 4. The van der Waals surface area contributed by atoms with E-state index in [4.69, 9.17) is 5.26 Å². The van der Waals surface area contributed by atoms with Crippen LogP contribution in [0.2, 0.25) is 0 Å². The fourth-order valence-electron chi connectivity index (χ4n) is 4.64. The summed E-state index contributed by atoms with van der Waals surface area (Å²) in [5, 5.41) is 18.6. The lowest BCUT2D eigenvalue weighted by molar-refractivity contribution is -0.0966. The molecule has 0 fully saturated rings. The highest BCUT2D eigenvalue weighted by Gasteiger charge is 2.47. The molecule has 8 heteroatoms. The Bertz CT molecular complexity index is 1340. The van der Waals surface area contributed by atoms with Crippen molar-refractivity contribution < 1.29 is 22.7 Å². The molecule has 0 amide bonds. The molecular formula is C26H22F4N2O2. The second-order valence-electron chi connectivity index (χ2n) is 8.52. The van der Waals surface area contributed by atoms with Gasteiger partial charge in [0, 0.05) is 25.1 Å². The molecule has 0 saturated heterocycles. The molecule has 5 rings (SSSR count). The molecule has 2 aromatic carbocycles. The number of fused-ring (bicyclic) bond motifs is 2. The highest BCUT2D eigenvalue weighted by molar-refractivity contribution is 5.68. The summed E-state index contributed by atoms with van der Waals surface area (Å²) < 4.78 is 55.2. The molecule has 0 saturated carbocycles. The van der Waals surface area contributed by atoms with E-state index in [0.717, 1.165) is 6.42 Å². The molecule has 0 aliphatic heterocycles. The van der Waals surface area contributed by atoms with Crippen molar-refractivity contribution in [3.8, 4) is 17.3 Å². The minimum absolute atomic E-state index is 0.221. The van der Waals surface area contributed by atoms with E-state index in [1.807, 2.05) is 6.07 Å². The fraction of sp³-hybridized carbons (Fsp3) is 0.308. The third-order valence-electron chi connectivity index (χ3n) is 6.35. The Morgan fingerprint density at radius 3 is 2.65 bits per heavy atom. The number of benzene rings is 2. The highest BCUT2D eigenvalue weighted by atomic mass is 19.3. The number of aromatic nitrogens is 1. The molecule has 34 heavy (non-hydrogen) atoms. The van der Waals surface area contributed by atoms with Gasteiger partial charge < -0.3 is 9.67 Å². The van der Waals surface area contributed by atoms with Gasteiger partial charge in [0.1, 0.15) is 18.1 Å². The second kappa shape index (κ2) is 9.07. The largest absolute Gasteiger partial charge is 0.382 e. The summed E-state index contributed by atoms with van der Waals surface area (Å²) >= 11 is 0. The Kier molecular flexibility index (Phi) is 6.32. The van der Waals surface area contributed by atoms with Gasteiger partial charge in [0.25, 0.3) is 11.5 Å². The highest BCUT2D eigenvalue weighted by Crippen LogP contribution is 2.46. The van der Waals surface area contributed by atoms with E-state index in [2.05, 4.69) is 0 Å². The molecule has 2 aliphatic carbocycles. The van der Waals surface area contributed by atoms with Crippen LogP contribution >= 0.6 is 0 Å². The van der Waals surface area contributed by atoms with Crippen molar-refractivity contribution >= 4 is 0 Å².